The molecule has 1 aromatic carbocycles. The highest BCUT2D eigenvalue weighted by Gasteiger charge is 2.47. The smallest absolute Gasteiger partial charge is 0.312 e. The summed E-state index contributed by atoms with van der Waals surface area (Å²) in [5.74, 6) is 1.37. The Bertz CT molecular complexity index is 927. The summed E-state index contributed by atoms with van der Waals surface area (Å²) in [6, 6.07) is 10.0. The lowest BCUT2D eigenvalue weighted by atomic mass is 9.74. The first-order chi connectivity index (χ1) is 14.4. The summed E-state index contributed by atoms with van der Waals surface area (Å²) in [6.07, 6.45) is 2.59. The third-order valence-corrected chi connectivity index (χ3v) is 6.55. The molecule has 0 N–H and O–H groups in total. The van der Waals surface area contributed by atoms with Gasteiger partial charge in [-0.25, -0.2) is 0 Å². The predicted molar refractivity (Wildman–Crippen MR) is 113 cm³/mol. The number of benzene rings is 1. The number of piperidine rings is 1. The van der Waals surface area contributed by atoms with Gasteiger partial charge < -0.3 is 14.2 Å². The Morgan fingerprint density at radius 2 is 2.00 bits per heavy atom. The van der Waals surface area contributed by atoms with E-state index in [1.807, 2.05) is 43.0 Å². The summed E-state index contributed by atoms with van der Waals surface area (Å²) in [5.41, 5.74) is 2.24. The minimum atomic E-state index is -0.675. The van der Waals surface area contributed by atoms with E-state index in [-0.39, 0.29) is 17.8 Å². The zero-order valence-electron chi connectivity index (χ0n) is 18.0. The molecular weight excluding hydrogens is 380 g/mol. The van der Waals surface area contributed by atoms with Gasteiger partial charge in [0.1, 0.15) is 11.5 Å². The SMILES string of the molecule is CCOC(=O)C1(Cc2cc(-c3cccc(C)c3)no2)CCN(C(=O)C2CC2C)CC1. The zero-order chi connectivity index (χ0) is 21.3. The van der Waals surface area contributed by atoms with Crippen LogP contribution in [0.2, 0.25) is 0 Å². The van der Waals surface area contributed by atoms with Crippen LogP contribution in [0.5, 0.6) is 0 Å². The first kappa shape index (κ1) is 20.6. The quantitative estimate of drug-likeness (QED) is 0.673. The minimum Gasteiger partial charge on any atom is -0.466 e. The summed E-state index contributed by atoms with van der Waals surface area (Å²) in [4.78, 5) is 27.5. The highest BCUT2D eigenvalue weighted by atomic mass is 16.5. The van der Waals surface area contributed by atoms with E-state index in [0.29, 0.717) is 50.6 Å². The van der Waals surface area contributed by atoms with Crippen molar-refractivity contribution in [1.82, 2.24) is 10.1 Å². The molecule has 1 saturated heterocycles. The van der Waals surface area contributed by atoms with Crippen LogP contribution in [0.1, 0.15) is 44.4 Å². The fourth-order valence-corrected chi connectivity index (χ4v) is 4.46. The second kappa shape index (κ2) is 8.25. The highest BCUT2D eigenvalue weighted by molar-refractivity contribution is 5.82. The number of hydrogen-bond donors (Lipinski definition) is 0. The Balaban J connectivity index is 1.50. The number of esters is 1. The van der Waals surface area contributed by atoms with E-state index in [2.05, 4.69) is 18.1 Å². The first-order valence-electron chi connectivity index (χ1n) is 10.9. The molecule has 2 heterocycles. The molecule has 1 aliphatic carbocycles. The maximum atomic E-state index is 12.9. The number of hydrogen-bond acceptors (Lipinski definition) is 5. The van der Waals surface area contributed by atoms with Crippen LogP contribution in [-0.4, -0.2) is 41.6 Å². The van der Waals surface area contributed by atoms with Gasteiger partial charge in [-0.3, -0.25) is 9.59 Å². The number of ether oxygens (including phenoxy) is 1. The summed E-state index contributed by atoms with van der Waals surface area (Å²) in [7, 11) is 0. The molecule has 160 valence electrons. The van der Waals surface area contributed by atoms with E-state index in [1.165, 1.54) is 0 Å². The molecule has 4 rings (SSSR count). The fourth-order valence-electron chi connectivity index (χ4n) is 4.46. The lowest BCUT2D eigenvalue weighted by Gasteiger charge is -2.39. The van der Waals surface area contributed by atoms with Crippen LogP contribution in [0.4, 0.5) is 0 Å². The predicted octanol–water partition coefficient (Wildman–Crippen LogP) is 4.02. The molecule has 2 atom stereocenters. The van der Waals surface area contributed by atoms with E-state index >= 15 is 0 Å². The average Bonchev–Trinajstić information content (AvgIpc) is 3.29. The molecule has 0 spiro atoms. The van der Waals surface area contributed by atoms with Crippen LogP contribution in [0.25, 0.3) is 11.3 Å². The van der Waals surface area contributed by atoms with E-state index < -0.39 is 5.41 Å². The topological polar surface area (TPSA) is 72.6 Å². The Morgan fingerprint density at radius 3 is 2.63 bits per heavy atom. The lowest BCUT2D eigenvalue weighted by molar-refractivity contribution is -0.160. The normalized spacial score (nSPS) is 22.6. The van der Waals surface area contributed by atoms with Crippen LogP contribution in [0, 0.1) is 24.2 Å². The van der Waals surface area contributed by atoms with Crippen molar-refractivity contribution in [2.75, 3.05) is 19.7 Å². The first-order valence-corrected chi connectivity index (χ1v) is 10.9. The average molecular weight is 411 g/mol. The van der Waals surface area contributed by atoms with Crippen molar-refractivity contribution in [1.29, 1.82) is 0 Å². The Hall–Kier alpha value is -2.63. The number of amides is 1. The van der Waals surface area contributed by atoms with Gasteiger partial charge in [0.2, 0.25) is 5.91 Å². The van der Waals surface area contributed by atoms with Gasteiger partial charge in [-0.05, 0) is 45.1 Å². The molecule has 1 amide bonds. The summed E-state index contributed by atoms with van der Waals surface area (Å²) >= 11 is 0. The molecule has 2 unspecified atom stereocenters. The number of carbonyl (C=O) groups excluding carboxylic acids is 2. The third-order valence-electron chi connectivity index (χ3n) is 6.55. The minimum absolute atomic E-state index is 0.172. The van der Waals surface area contributed by atoms with Crippen molar-refractivity contribution in [3.63, 3.8) is 0 Å². The van der Waals surface area contributed by atoms with Crippen molar-refractivity contribution in [3.05, 3.63) is 41.7 Å². The maximum absolute atomic E-state index is 12.9. The Labute approximate surface area is 177 Å². The largest absolute Gasteiger partial charge is 0.466 e. The lowest BCUT2D eigenvalue weighted by Crippen LogP contribution is -2.48. The van der Waals surface area contributed by atoms with Crippen LogP contribution < -0.4 is 0 Å². The monoisotopic (exact) mass is 410 g/mol. The summed E-state index contributed by atoms with van der Waals surface area (Å²) in [5, 5.41) is 4.22. The Morgan fingerprint density at radius 1 is 1.27 bits per heavy atom. The van der Waals surface area contributed by atoms with Gasteiger partial charge in [0.05, 0.1) is 12.0 Å². The van der Waals surface area contributed by atoms with Crippen molar-refractivity contribution in [2.24, 2.45) is 17.3 Å². The van der Waals surface area contributed by atoms with Crippen LogP contribution in [-0.2, 0) is 20.7 Å². The molecule has 0 radical (unpaired) electrons. The van der Waals surface area contributed by atoms with Crippen molar-refractivity contribution in [3.8, 4) is 11.3 Å². The third kappa shape index (κ3) is 4.13. The molecular formula is C24H30N2O4. The number of aryl methyl sites for hydroxylation is 1. The number of carbonyl (C=O) groups is 2. The van der Waals surface area contributed by atoms with Gasteiger partial charge in [-0.2, -0.15) is 0 Å². The van der Waals surface area contributed by atoms with E-state index in [0.717, 1.165) is 23.2 Å². The standard InChI is InChI=1S/C24H30N2O4/c1-4-29-23(28)24(8-10-26(11-9-24)22(27)20-13-17(20)3)15-19-14-21(25-30-19)18-7-5-6-16(2)12-18/h5-7,12,14,17,20H,4,8-11,13,15H2,1-3H3. The molecule has 6 heteroatoms. The maximum Gasteiger partial charge on any atom is 0.312 e. The molecule has 0 bridgehead atoms. The number of rotatable bonds is 6. The molecule has 1 saturated carbocycles. The molecule has 1 aliphatic heterocycles. The van der Waals surface area contributed by atoms with Crippen molar-refractivity contribution >= 4 is 11.9 Å². The van der Waals surface area contributed by atoms with Gasteiger partial charge in [0.25, 0.3) is 0 Å². The molecule has 6 nitrogen and oxygen atoms in total. The highest BCUT2D eigenvalue weighted by Crippen LogP contribution is 2.42. The number of aromatic nitrogens is 1. The fraction of sp³-hybridized carbons (Fsp3) is 0.542. The van der Waals surface area contributed by atoms with Gasteiger partial charge in [0.15, 0.2) is 0 Å². The molecule has 1 aromatic heterocycles. The zero-order valence-corrected chi connectivity index (χ0v) is 18.0. The second-order valence-corrected chi connectivity index (χ2v) is 8.87. The molecule has 2 aromatic rings. The van der Waals surface area contributed by atoms with Crippen molar-refractivity contribution in [2.45, 2.75) is 46.5 Å². The number of likely N-dealkylation sites (tertiary alicyclic amines) is 1. The van der Waals surface area contributed by atoms with E-state index in [9.17, 15) is 9.59 Å². The second-order valence-electron chi connectivity index (χ2n) is 8.87. The number of nitrogens with zero attached hydrogens (tertiary/aromatic N) is 2. The van der Waals surface area contributed by atoms with E-state index in [4.69, 9.17) is 9.26 Å². The van der Waals surface area contributed by atoms with Crippen LogP contribution >= 0.6 is 0 Å². The van der Waals surface area contributed by atoms with Crippen molar-refractivity contribution < 1.29 is 18.8 Å². The van der Waals surface area contributed by atoms with Crippen LogP contribution in [0.3, 0.4) is 0 Å². The van der Waals surface area contributed by atoms with Gasteiger partial charge in [-0.1, -0.05) is 35.8 Å². The van der Waals surface area contributed by atoms with E-state index in [1.54, 1.807) is 0 Å². The molecule has 2 fully saturated rings. The Kier molecular flexibility index (Phi) is 5.67. The van der Waals surface area contributed by atoms with Crippen LogP contribution in [0.15, 0.2) is 34.9 Å². The van der Waals surface area contributed by atoms with Gasteiger partial charge in [0, 0.05) is 37.1 Å². The molecule has 30 heavy (non-hydrogen) atoms. The van der Waals surface area contributed by atoms with Gasteiger partial charge in [-0.15, -0.1) is 0 Å². The molecule has 2 aliphatic rings. The van der Waals surface area contributed by atoms with Gasteiger partial charge >= 0.3 is 5.97 Å². The summed E-state index contributed by atoms with van der Waals surface area (Å²) < 4.78 is 11.0. The summed E-state index contributed by atoms with van der Waals surface area (Å²) in [6.45, 7) is 7.49.